The highest BCUT2D eigenvalue weighted by Crippen LogP contribution is 2.41. The van der Waals surface area contributed by atoms with E-state index in [0.717, 1.165) is 0 Å². The molecule has 1 unspecified atom stereocenters. The van der Waals surface area contributed by atoms with Gasteiger partial charge in [0, 0.05) is 27.5 Å². The minimum Gasteiger partial charge on any atom is -0.478 e. The minimum atomic E-state index is -1.09. The van der Waals surface area contributed by atoms with Crippen LogP contribution in [0, 0.1) is 5.82 Å². The van der Waals surface area contributed by atoms with E-state index in [9.17, 15) is 13.4 Å². The number of ketones is 1. The Morgan fingerprint density at radius 3 is 2.24 bits per heavy atom. The molecule has 3 rings (SSSR count). The summed E-state index contributed by atoms with van der Waals surface area (Å²) < 4.78 is 30.9. The second-order valence-electron chi connectivity index (χ2n) is 6.25. The topological polar surface area (TPSA) is 43.4 Å². The van der Waals surface area contributed by atoms with Crippen LogP contribution in [0.4, 0.5) is 4.39 Å². The minimum absolute atomic E-state index is 0.0569. The van der Waals surface area contributed by atoms with Crippen LogP contribution in [0.25, 0.3) is 11.3 Å². The van der Waals surface area contributed by atoms with Crippen molar-refractivity contribution in [3.63, 3.8) is 0 Å². The Bertz CT molecular complexity index is 917. The first-order valence-electron chi connectivity index (χ1n) is 7.58. The quantitative estimate of drug-likeness (QED) is 0.791. The predicted molar refractivity (Wildman–Crippen MR) is 97.2 cm³/mol. The van der Waals surface area contributed by atoms with Crippen molar-refractivity contribution in [3.05, 3.63) is 64.4 Å². The largest absolute Gasteiger partial charge is 0.478 e. The summed E-state index contributed by atoms with van der Waals surface area (Å²) in [6.07, 6.45) is 1.60. The average molecular weight is 379 g/mol. The molecular formula is C19H16ClFO3S. The molecule has 0 saturated carbocycles. The van der Waals surface area contributed by atoms with Gasteiger partial charge in [-0.15, -0.1) is 0 Å². The third-order valence-electron chi connectivity index (χ3n) is 4.01. The molecule has 0 saturated heterocycles. The molecule has 0 aromatic heterocycles. The molecule has 0 bridgehead atoms. The summed E-state index contributed by atoms with van der Waals surface area (Å²) in [5, 5.41) is -0.0569. The van der Waals surface area contributed by atoms with Crippen molar-refractivity contribution < 1.29 is 18.1 Å². The Morgan fingerprint density at radius 2 is 1.68 bits per heavy atom. The molecule has 1 heterocycles. The summed E-state index contributed by atoms with van der Waals surface area (Å²) in [6.45, 7) is 3.37. The molecule has 0 N–H and O–H groups in total. The molecule has 25 heavy (non-hydrogen) atoms. The first-order chi connectivity index (χ1) is 11.7. The van der Waals surface area contributed by atoms with Gasteiger partial charge in [0.05, 0.1) is 10.6 Å². The molecule has 6 heteroatoms. The van der Waals surface area contributed by atoms with Gasteiger partial charge in [-0.25, -0.2) is 4.39 Å². The fraction of sp³-hybridized carbons (Fsp3) is 0.211. The standard InChI is InChI=1S/C19H16ClFO3S/c1-19(2)18(22)16(12-6-9-15(21)14(20)10-12)17(24-19)11-4-7-13(8-5-11)25(3)23/h4-10H,1-3H3. The number of carbonyl (C=O) groups excluding carboxylic acids is 1. The Morgan fingerprint density at radius 1 is 1.08 bits per heavy atom. The first kappa shape index (κ1) is 17.8. The normalized spacial score (nSPS) is 17.6. The molecule has 1 atom stereocenters. The summed E-state index contributed by atoms with van der Waals surface area (Å²) in [5.74, 6) is -0.340. The monoisotopic (exact) mass is 378 g/mol. The van der Waals surface area contributed by atoms with Crippen molar-refractivity contribution in [3.8, 4) is 0 Å². The van der Waals surface area contributed by atoms with Crippen molar-refractivity contribution in [1.29, 1.82) is 0 Å². The van der Waals surface area contributed by atoms with Crippen LogP contribution in [-0.4, -0.2) is 21.8 Å². The van der Waals surface area contributed by atoms with Gasteiger partial charge in [-0.3, -0.25) is 9.00 Å². The maximum atomic E-state index is 13.5. The van der Waals surface area contributed by atoms with Gasteiger partial charge in [0.25, 0.3) is 0 Å². The van der Waals surface area contributed by atoms with Gasteiger partial charge in [0.15, 0.2) is 5.60 Å². The molecule has 1 aliphatic heterocycles. The first-order valence-corrected chi connectivity index (χ1v) is 9.51. The lowest BCUT2D eigenvalue weighted by atomic mass is 9.92. The van der Waals surface area contributed by atoms with Crippen LogP contribution in [0.2, 0.25) is 5.02 Å². The summed E-state index contributed by atoms with van der Waals surface area (Å²) in [4.78, 5) is 13.5. The van der Waals surface area contributed by atoms with E-state index in [1.165, 1.54) is 18.2 Å². The smallest absolute Gasteiger partial charge is 0.210 e. The fourth-order valence-corrected chi connectivity index (χ4v) is 3.37. The van der Waals surface area contributed by atoms with Gasteiger partial charge in [0.1, 0.15) is 11.6 Å². The van der Waals surface area contributed by atoms with E-state index in [1.54, 1.807) is 44.4 Å². The zero-order valence-corrected chi connectivity index (χ0v) is 15.5. The number of benzene rings is 2. The molecular weight excluding hydrogens is 363 g/mol. The Hall–Kier alpha value is -1.98. The third-order valence-corrected chi connectivity index (χ3v) is 5.24. The number of rotatable bonds is 3. The lowest BCUT2D eigenvalue weighted by Crippen LogP contribution is -2.29. The van der Waals surface area contributed by atoms with Crippen LogP contribution in [0.1, 0.15) is 25.0 Å². The molecule has 0 amide bonds. The van der Waals surface area contributed by atoms with Gasteiger partial charge in [0.2, 0.25) is 5.78 Å². The number of carbonyl (C=O) groups is 1. The highest BCUT2D eigenvalue weighted by molar-refractivity contribution is 7.84. The maximum absolute atomic E-state index is 13.5. The van der Waals surface area contributed by atoms with Crippen molar-refractivity contribution in [2.45, 2.75) is 24.3 Å². The predicted octanol–water partition coefficient (Wildman–Crippen LogP) is 4.46. The van der Waals surface area contributed by atoms with Crippen molar-refractivity contribution >= 4 is 39.5 Å². The second-order valence-corrected chi connectivity index (χ2v) is 8.04. The van der Waals surface area contributed by atoms with Crippen molar-refractivity contribution in [1.82, 2.24) is 0 Å². The fourth-order valence-electron chi connectivity index (χ4n) is 2.67. The van der Waals surface area contributed by atoms with E-state index < -0.39 is 22.2 Å². The van der Waals surface area contributed by atoms with E-state index in [0.29, 0.717) is 27.4 Å². The lowest BCUT2D eigenvalue weighted by molar-refractivity contribution is -0.125. The van der Waals surface area contributed by atoms with Crippen LogP contribution >= 0.6 is 11.6 Å². The van der Waals surface area contributed by atoms with Crippen LogP contribution in [0.15, 0.2) is 47.4 Å². The van der Waals surface area contributed by atoms with Gasteiger partial charge in [-0.2, -0.15) is 0 Å². The van der Waals surface area contributed by atoms with Crippen molar-refractivity contribution in [2.75, 3.05) is 6.26 Å². The highest BCUT2D eigenvalue weighted by Gasteiger charge is 2.42. The number of halogens is 2. The number of hydrogen-bond donors (Lipinski definition) is 0. The molecule has 1 aliphatic rings. The van der Waals surface area contributed by atoms with Crippen LogP contribution in [-0.2, 0) is 20.3 Å². The lowest BCUT2D eigenvalue weighted by Gasteiger charge is -2.17. The highest BCUT2D eigenvalue weighted by atomic mass is 35.5. The molecule has 2 aromatic carbocycles. The summed E-state index contributed by atoms with van der Waals surface area (Å²) in [5.41, 5.74) is 0.513. The second kappa shape index (κ2) is 6.39. The van der Waals surface area contributed by atoms with E-state index in [4.69, 9.17) is 16.3 Å². The number of Topliss-reactive ketones (excluding diaryl/α,β-unsaturated/α-hetero) is 1. The molecule has 2 aromatic rings. The molecule has 0 radical (unpaired) electrons. The third kappa shape index (κ3) is 3.26. The number of ether oxygens (including phenoxy) is 1. The zero-order chi connectivity index (χ0) is 18.4. The van der Waals surface area contributed by atoms with E-state index in [1.807, 2.05) is 0 Å². The summed E-state index contributed by atoms with van der Waals surface area (Å²) >= 11 is 5.88. The average Bonchev–Trinajstić information content (AvgIpc) is 2.80. The van der Waals surface area contributed by atoms with E-state index in [2.05, 4.69) is 0 Å². The van der Waals surface area contributed by atoms with Gasteiger partial charge in [-0.05, 0) is 43.7 Å². The summed E-state index contributed by atoms with van der Waals surface area (Å²) in [7, 11) is -1.09. The Balaban J connectivity index is 2.17. The molecule has 0 aliphatic carbocycles. The molecule has 0 spiro atoms. The van der Waals surface area contributed by atoms with Gasteiger partial charge >= 0.3 is 0 Å². The Labute approximate surface area is 152 Å². The SMILES string of the molecule is CS(=O)c1ccc(C2=C(c3ccc(F)c(Cl)c3)C(=O)C(C)(C)O2)cc1. The maximum Gasteiger partial charge on any atom is 0.210 e. The van der Waals surface area contributed by atoms with E-state index >= 15 is 0 Å². The molecule has 3 nitrogen and oxygen atoms in total. The van der Waals surface area contributed by atoms with E-state index in [-0.39, 0.29) is 10.8 Å². The van der Waals surface area contributed by atoms with Crippen LogP contribution < -0.4 is 0 Å². The zero-order valence-electron chi connectivity index (χ0n) is 13.9. The van der Waals surface area contributed by atoms with Crippen molar-refractivity contribution in [2.24, 2.45) is 0 Å². The Kier molecular flexibility index (Phi) is 4.56. The molecule has 130 valence electrons. The van der Waals surface area contributed by atoms with Gasteiger partial charge in [-0.1, -0.05) is 29.8 Å². The van der Waals surface area contributed by atoms with Gasteiger partial charge < -0.3 is 4.74 Å². The van der Waals surface area contributed by atoms with Crippen LogP contribution in [0.5, 0.6) is 0 Å². The molecule has 0 fully saturated rings. The van der Waals surface area contributed by atoms with Crippen LogP contribution in [0.3, 0.4) is 0 Å². The number of hydrogen-bond acceptors (Lipinski definition) is 3. The summed E-state index contributed by atoms with van der Waals surface area (Å²) in [6, 6.07) is 11.1.